The number of halogens is 3. The smallest absolute Gasteiger partial charge is 0.342 e. The molecule has 152 valence electrons. The van der Waals surface area contributed by atoms with Crippen LogP contribution in [0.4, 0.5) is 13.2 Å². The van der Waals surface area contributed by atoms with Gasteiger partial charge in [0.25, 0.3) is 0 Å². The van der Waals surface area contributed by atoms with Crippen molar-refractivity contribution >= 4 is 5.91 Å². The van der Waals surface area contributed by atoms with E-state index in [1.165, 1.54) is 24.1 Å². The van der Waals surface area contributed by atoms with Crippen molar-refractivity contribution in [2.75, 3.05) is 13.1 Å². The van der Waals surface area contributed by atoms with Crippen molar-refractivity contribution in [2.24, 2.45) is 5.92 Å². The summed E-state index contributed by atoms with van der Waals surface area (Å²) in [6.45, 7) is 6.82. The fourth-order valence-electron chi connectivity index (χ4n) is 3.24. The van der Waals surface area contributed by atoms with Gasteiger partial charge in [0.15, 0.2) is 0 Å². The lowest BCUT2D eigenvalue weighted by Gasteiger charge is -2.21. The normalized spacial score (nSPS) is 11.7. The standard InChI is InChI=1S/C23H28F3NO/c1-17(2)14-21-8-4-6-19(15-21)10-12-27(18(3)28)13-11-20-7-5-9-22(16-20)23(24,25)26/h4-9,15-17H,10-14H2,1-3H3. The molecular weight excluding hydrogens is 363 g/mol. The summed E-state index contributed by atoms with van der Waals surface area (Å²) in [5, 5.41) is 0. The molecule has 0 unspecified atom stereocenters. The van der Waals surface area contributed by atoms with Gasteiger partial charge < -0.3 is 4.90 Å². The molecule has 2 rings (SSSR count). The van der Waals surface area contributed by atoms with E-state index in [0.717, 1.165) is 25.0 Å². The van der Waals surface area contributed by atoms with Gasteiger partial charge in [-0.3, -0.25) is 4.79 Å². The first kappa shape index (κ1) is 22.0. The summed E-state index contributed by atoms with van der Waals surface area (Å²) in [6, 6.07) is 13.7. The van der Waals surface area contributed by atoms with Crippen LogP contribution in [0, 0.1) is 5.92 Å². The number of carbonyl (C=O) groups is 1. The van der Waals surface area contributed by atoms with Crippen LogP contribution in [0.1, 0.15) is 43.0 Å². The molecule has 0 aliphatic rings. The van der Waals surface area contributed by atoms with Gasteiger partial charge in [0.2, 0.25) is 5.91 Å². The highest BCUT2D eigenvalue weighted by Gasteiger charge is 2.30. The summed E-state index contributed by atoms with van der Waals surface area (Å²) in [5.74, 6) is 0.516. The molecule has 2 aromatic rings. The molecule has 0 atom stereocenters. The number of hydrogen-bond acceptors (Lipinski definition) is 1. The van der Waals surface area contributed by atoms with Gasteiger partial charge in [0, 0.05) is 20.0 Å². The Hall–Kier alpha value is -2.30. The van der Waals surface area contributed by atoms with Gasteiger partial charge in [0.1, 0.15) is 0 Å². The van der Waals surface area contributed by atoms with Crippen LogP contribution < -0.4 is 0 Å². The Bertz CT molecular complexity index is 783. The van der Waals surface area contributed by atoms with Gasteiger partial charge in [-0.15, -0.1) is 0 Å². The van der Waals surface area contributed by atoms with Crippen LogP contribution >= 0.6 is 0 Å². The fraction of sp³-hybridized carbons (Fsp3) is 0.435. The molecule has 0 spiro atoms. The largest absolute Gasteiger partial charge is 0.416 e. The summed E-state index contributed by atoms with van der Waals surface area (Å²) < 4.78 is 38.6. The number of amides is 1. The molecule has 1 amide bonds. The molecule has 28 heavy (non-hydrogen) atoms. The average molecular weight is 391 g/mol. The van der Waals surface area contributed by atoms with Gasteiger partial charge in [-0.05, 0) is 47.9 Å². The molecule has 0 aliphatic carbocycles. The molecule has 2 nitrogen and oxygen atoms in total. The first-order valence-corrected chi connectivity index (χ1v) is 9.64. The van der Waals surface area contributed by atoms with Crippen LogP contribution in [0.3, 0.4) is 0 Å². The van der Waals surface area contributed by atoms with Crippen molar-refractivity contribution in [1.29, 1.82) is 0 Å². The summed E-state index contributed by atoms with van der Waals surface area (Å²) in [4.78, 5) is 13.7. The second kappa shape index (κ2) is 9.76. The van der Waals surface area contributed by atoms with Crippen molar-refractivity contribution in [3.8, 4) is 0 Å². The number of alkyl halides is 3. The van der Waals surface area contributed by atoms with Gasteiger partial charge in [0.05, 0.1) is 5.56 Å². The minimum atomic E-state index is -4.35. The van der Waals surface area contributed by atoms with Crippen LogP contribution in [-0.4, -0.2) is 23.9 Å². The zero-order valence-electron chi connectivity index (χ0n) is 16.7. The summed E-state index contributed by atoms with van der Waals surface area (Å²) in [6.07, 6.45) is -2.21. The Morgan fingerprint density at radius 2 is 1.46 bits per heavy atom. The molecule has 0 bridgehead atoms. The van der Waals surface area contributed by atoms with Crippen molar-refractivity contribution < 1.29 is 18.0 Å². The van der Waals surface area contributed by atoms with Gasteiger partial charge in [-0.25, -0.2) is 0 Å². The number of carbonyl (C=O) groups excluding carboxylic acids is 1. The zero-order valence-corrected chi connectivity index (χ0v) is 16.7. The molecule has 0 radical (unpaired) electrons. The highest BCUT2D eigenvalue weighted by molar-refractivity contribution is 5.73. The third kappa shape index (κ3) is 7.02. The predicted octanol–water partition coefficient (Wildman–Crippen LogP) is 5.54. The van der Waals surface area contributed by atoms with E-state index in [-0.39, 0.29) is 5.91 Å². The second-order valence-corrected chi connectivity index (χ2v) is 7.62. The predicted molar refractivity (Wildman–Crippen MR) is 106 cm³/mol. The van der Waals surface area contributed by atoms with Crippen molar-refractivity contribution in [2.45, 2.75) is 46.2 Å². The maximum atomic E-state index is 12.9. The molecule has 0 fully saturated rings. The van der Waals surface area contributed by atoms with E-state index in [0.29, 0.717) is 31.0 Å². The van der Waals surface area contributed by atoms with Crippen LogP contribution in [-0.2, 0) is 30.2 Å². The highest BCUT2D eigenvalue weighted by Crippen LogP contribution is 2.29. The zero-order chi connectivity index (χ0) is 20.7. The Morgan fingerprint density at radius 1 is 0.929 bits per heavy atom. The van der Waals surface area contributed by atoms with E-state index >= 15 is 0 Å². The molecular formula is C23H28F3NO. The van der Waals surface area contributed by atoms with Crippen molar-refractivity contribution in [1.82, 2.24) is 4.90 Å². The van der Waals surface area contributed by atoms with Gasteiger partial charge in [-0.1, -0.05) is 56.3 Å². The lowest BCUT2D eigenvalue weighted by molar-refractivity contribution is -0.137. The fourth-order valence-corrected chi connectivity index (χ4v) is 3.24. The van der Waals surface area contributed by atoms with E-state index in [1.807, 2.05) is 6.07 Å². The topological polar surface area (TPSA) is 20.3 Å². The maximum Gasteiger partial charge on any atom is 0.416 e. The average Bonchev–Trinajstić information content (AvgIpc) is 2.60. The van der Waals surface area contributed by atoms with Crippen molar-refractivity contribution in [3.63, 3.8) is 0 Å². The second-order valence-electron chi connectivity index (χ2n) is 7.62. The number of benzene rings is 2. The molecule has 5 heteroatoms. The lowest BCUT2D eigenvalue weighted by Crippen LogP contribution is -2.32. The van der Waals surface area contributed by atoms with Gasteiger partial charge in [-0.2, -0.15) is 13.2 Å². The third-order valence-electron chi connectivity index (χ3n) is 4.68. The van der Waals surface area contributed by atoms with Crippen molar-refractivity contribution in [3.05, 3.63) is 70.8 Å². The molecule has 0 saturated heterocycles. The number of nitrogens with zero attached hydrogens (tertiary/aromatic N) is 1. The quantitative estimate of drug-likeness (QED) is 0.579. The number of hydrogen-bond donors (Lipinski definition) is 0. The van der Waals surface area contributed by atoms with Crippen LogP contribution in [0.25, 0.3) is 0 Å². The molecule has 0 aromatic heterocycles. The van der Waals surface area contributed by atoms with E-state index in [1.54, 1.807) is 11.0 Å². The van der Waals surface area contributed by atoms with E-state index in [4.69, 9.17) is 0 Å². The van der Waals surface area contributed by atoms with Crippen LogP contribution in [0.15, 0.2) is 48.5 Å². The molecule has 0 N–H and O–H groups in total. The Morgan fingerprint density at radius 3 is 2.00 bits per heavy atom. The summed E-state index contributed by atoms with van der Waals surface area (Å²) in [7, 11) is 0. The van der Waals surface area contributed by atoms with E-state index < -0.39 is 11.7 Å². The molecule has 0 saturated carbocycles. The van der Waals surface area contributed by atoms with Gasteiger partial charge >= 0.3 is 6.18 Å². The molecule has 2 aromatic carbocycles. The Balaban J connectivity index is 1.96. The highest BCUT2D eigenvalue weighted by atomic mass is 19.4. The molecule has 0 heterocycles. The Kier molecular flexibility index (Phi) is 7.67. The minimum absolute atomic E-state index is 0.0645. The minimum Gasteiger partial charge on any atom is -0.342 e. The van der Waals surface area contributed by atoms with Crippen LogP contribution in [0.5, 0.6) is 0 Å². The first-order chi connectivity index (χ1) is 13.1. The van der Waals surface area contributed by atoms with E-state index in [2.05, 4.69) is 32.0 Å². The maximum absolute atomic E-state index is 12.9. The number of rotatable bonds is 8. The van der Waals surface area contributed by atoms with E-state index in [9.17, 15) is 18.0 Å². The lowest BCUT2D eigenvalue weighted by atomic mass is 10.00. The molecule has 0 aliphatic heterocycles. The van der Waals surface area contributed by atoms with Crippen LogP contribution in [0.2, 0.25) is 0 Å². The summed E-state index contributed by atoms with van der Waals surface area (Å²) >= 11 is 0. The third-order valence-corrected chi connectivity index (χ3v) is 4.68. The SMILES string of the molecule is CC(=O)N(CCc1cccc(CC(C)C)c1)CCc1cccc(C(F)(F)F)c1. The first-order valence-electron chi connectivity index (χ1n) is 9.64. The summed E-state index contributed by atoms with van der Waals surface area (Å²) in [5.41, 5.74) is 2.38. The monoisotopic (exact) mass is 391 g/mol. The Labute approximate surface area is 165 Å².